The van der Waals surface area contributed by atoms with Gasteiger partial charge in [0.1, 0.15) is 5.75 Å². The van der Waals surface area contributed by atoms with Gasteiger partial charge in [0.25, 0.3) is 0 Å². The highest BCUT2D eigenvalue weighted by atomic mass is 16.5. The lowest BCUT2D eigenvalue weighted by atomic mass is 10.1. The predicted molar refractivity (Wildman–Crippen MR) is 113 cm³/mol. The molecule has 28 heavy (non-hydrogen) atoms. The Balaban J connectivity index is 1.57. The second-order valence-corrected chi connectivity index (χ2v) is 6.31. The molecule has 3 aromatic rings. The second kappa shape index (κ2) is 10.2. The first-order chi connectivity index (χ1) is 13.8. The van der Waals surface area contributed by atoms with Gasteiger partial charge in [-0.05, 0) is 49.2 Å². The van der Waals surface area contributed by atoms with Crippen LogP contribution in [0.2, 0.25) is 0 Å². The normalized spacial score (nSPS) is 11.3. The summed E-state index contributed by atoms with van der Waals surface area (Å²) < 4.78 is 7.04. The maximum Gasteiger partial charge on any atom is 0.191 e. The third-order valence-corrected chi connectivity index (χ3v) is 4.27. The fraction of sp³-hybridized carbons (Fsp3) is 0.273. The summed E-state index contributed by atoms with van der Waals surface area (Å²) in [5.41, 5.74) is 3.21. The topological polar surface area (TPSA) is 63.5 Å². The maximum absolute atomic E-state index is 5.20. The smallest absolute Gasteiger partial charge is 0.191 e. The SMILES string of the molecule is CCNC(=NCc1ccn(-c2ccc(OC)cc2)n1)NCCc1ccccc1. The maximum atomic E-state index is 5.20. The van der Waals surface area contributed by atoms with E-state index in [1.807, 2.05) is 47.3 Å². The van der Waals surface area contributed by atoms with Crippen molar-refractivity contribution in [3.05, 3.63) is 78.1 Å². The van der Waals surface area contributed by atoms with E-state index >= 15 is 0 Å². The first-order valence-electron chi connectivity index (χ1n) is 9.53. The number of aromatic nitrogens is 2. The molecule has 1 heterocycles. The standard InChI is InChI=1S/C22H27N5O/c1-3-23-22(24-15-13-18-7-5-4-6-8-18)25-17-19-14-16-27(26-19)20-9-11-21(28-2)12-10-20/h4-12,14,16H,3,13,15,17H2,1-2H3,(H2,23,24,25). The third kappa shape index (κ3) is 5.61. The minimum absolute atomic E-state index is 0.518. The molecule has 146 valence electrons. The van der Waals surface area contributed by atoms with Crippen molar-refractivity contribution < 1.29 is 4.74 Å². The number of rotatable bonds is 8. The molecule has 0 aliphatic rings. The van der Waals surface area contributed by atoms with E-state index in [1.165, 1.54) is 5.56 Å². The minimum Gasteiger partial charge on any atom is -0.497 e. The fourth-order valence-corrected chi connectivity index (χ4v) is 2.80. The van der Waals surface area contributed by atoms with Crippen LogP contribution in [0.3, 0.4) is 0 Å². The molecule has 0 unspecified atom stereocenters. The lowest BCUT2D eigenvalue weighted by Gasteiger charge is -2.11. The van der Waals surface area contributed by atoms with E-state index in [1.54, 1.807) is 7.11 Å². The Morgan fingerprint density at radius 2 is 1.82 bits per heavy atom. The molecular weight excluding hydrogens is 350 g/mol. The molecule has 0 amide bonds. The summed E-state index contributed by atoms with van der Waals surface area (Å²) in [6.07, 6.45) is 2.90. The van der Waals surface area contributed by atoms with E-state index in [4.69, 9.17) is 4.74 Å². The molecule has 0 aliphatic carbocycles. The number of aliphatic imine (C=N–C) groups is 1. The van der Waals surface area contributed by atoms with Gasteiger partial charge in [-0.25, -0.2) is 9.67 Å². The Hall–Kier alpha value is -3.28. The van der Waals surface area contributed by atoms with E-state index in [0.29, 0.717) is 6.54 Å². The van der Waals surface area contributed by atoms with Crippen LogP contribution in [-0.2, 0) is 13.0 Å². The molecule has 0 aliphatic heterocycles. The average Bonchev–Trinajstić information content (AvgIpc) is 3.22. The molecule has 0 fully saturated rings. The summed E-state index contributed by atoms with van der Waals surface area (Å²) in [6.45, 7) is 4.23. The zero-order chi connectivity index (χ0) is 19.6. The van der Waals surface area contributed by atoms with Crippen molar-refractivity contribution >= 4 is 5.96 Å². The summed E-state index contributed by atoms with van der Waals surface area (Å²) in [5.74, 6) is 1.63. The summed E-state index contributed by atoms with van der Waals surface area (Å²) in [6, 6.07) is 20.2. The van der Waals surface area contributed by atoms with E-state index in [9.17, 15) is 0 Å². The molecule has 1 aromatic heterocycles. The van der Waals surface area contributed by atoms with Crippen LogP contribution in [0.5, 0.6) is 5.75 Å². The number of methoxy groups -OCH3 is 1. The first-order valence-corrected chi connectivity index (χ1v) is 9.53. The van der Waals surface area contributed by atoms with Crippen molar-refractivity contribution in [3.8, 4) is 11.4 Å². The van der Waals surface area contributed by atoms with Crippen molar-refractivity contribution in [2.45, 2.75) is 19.9 Å². The predicted octanol–water partition coefficient (Wildman–Crippen LogP) is 3.18. The number of benzene rings is 2. The van der Waals surface area contributed by atoms with Gasteiger partial charge in [-0.3, -0.25) is 0 Å². The first kappa shape index (κ1) is 19.5. The molecule has 6 heteroatoms. The van der Waals surface area contributed by atoms with Crippen LogP contribution in [0.1, 0.15) is 18.2 Å². The van der Waals surface area contributed by atoms with Crippen LogP contribution in [0.4, 0.5) is 0 Å². The van der Waals surface area contributed by atoms with Crippen LogP contribution in [0, 0.1) is 0 Å². The minimum atomic E-state index is 0.518. The lowest BCUT2D eigenvalue weighted by Crippen LogP contribution is -2.38. The van der Waals surface area contributed by atoms with Crippen LogP contribution >= 0.6 is 0 Å². The molecule has 6 nitrogen and oxygen atoms in total. The molecule has 0 spiro atoms. The molecule has 3 rings (SSSR count). The second-order valence-electron chi connectivity index (χ2n) is 6.31. The van der Waals surface area contributed by atoms with E-state index in [-0.39, 0.29) is 0 Å². The Bertz CT molecular complexity index is 871. The number of hydrogen-bond donors (Lipinski definition) is 2. The lowest BCUT2D eigenvalue weighted by molar-refractivity contribution is 0.414. The van der Waals surface area contributed by atoms with Gasteiger partial charge in [-0.1, -0.05) is 30.3 Å². The van der Waals surface area contributed by atoms with Gasteiger partial charge in [0.05, 0.1) is 25.0 Å². The number of nitrogens with zero attached hydrogens (tertiary/aromatic N) is 3. The van der Waals surface area contributed by atoms with Gasteiger partial charge in [0, 0.05) is 19.3 Å². The molecule has 0 saturated heterocycles. The van der Waals surface area contributed by atoms with Crippen molar-refractivity contribution in [2.24, 2.45) is 4.99 Å². The molecule has 2 N–H and O–H groups in total. The monoisotopic (exact) mass is 377 g/mol. The summed E-state index contributed by atoms with van der Waals surface area (Å²) in [5, 5.41) is 11.3. The van der Waals surface area contributed by atoms with E-state index in [0.717, 1.165) is 42.6 Å². The van der Waals surface area contributed by atoms with Gasteiger partial charge in [0.15, 0.2) is 5.96 Å². The van der Waals surface area contributed by atoms with Crippen LogP contribution < -0.4 is 15.4 Å². The van der Waals surface area contributed by atoms with Gasteiger partial charge >= 0.3 is 0 Å². The molecule has 0 radical (unpaired) electrons. The number of ether oxygens (including phenoxy) is 1. The van der Waals surface area contributed by atoms with Crippen LogP contribution in [0.25, 0.3) is 5.69 Å². The van der Waals surface area contributed by atoms with Gasteiger partial charge in [0.2, 0.25) is 0 Å². The highest BCUT2D eigenvalue weighted by Gasteiger charge is 2.03. The zero-order valence-electron chi connectivity index (χ0n) is 16.4. The fourth-order valence-electron chi connectivity index (χ4n) is 2.80. The van der Waals surface area contributed by atoms with Gasteiger partial charge < -0.3 is 15.4 Å². The molecule has 0 saturated carbocycles. The van der Waals surface area contributed by atoms with Crippen molar-refractivity contribution in [1.29, 1.82) is 0 Å². The largest absolute Gasteiger partial charge is 0.497 e. The number of nitrogens with one attached hydrogen (secondary N) is 2. The van der Waals surface area contributed by atoms with Crippen molar-refractivity contribution in [1.82, 2.24) is 20.4 Å². The third-order valence-electron chi connectivity index (χ3n) is 4.27. The number of guanidine groups is 1. The number of hydrogen-bond acceptors (Lipinski definition) is 3. The van der Waals surface area contributed by atoms with Crippen LogP contribution in [-0.4, -0.2) is 35.9 Å². The Kier molecular flexibility index (Phi) is 7.07. The zero-order valence-corrected chi connectivity index (χ0v) is 16.4. The molecular formula is C22H27N5O. The quantitative estimate of drug-likeness (QED) is 0.467. The average molecular weight is 377 g/mol. The van der Waals surface area contributed by atoms with Gasteiger partial charge in [-0.2, -0.15) is 5.10 Å². The van der Waals surface area contributed by atoms with Crippen molar-refractivity contribution in [3.63, 3.8) is 0 Å². The Morgan fingerprint density at radius 1 is 1.04 bits per heavy atom. The molecule has 0 atom stereocenters. The highest BCUT2D eigenvalue weighted by molar-refractivity contribution is 5.79. The Morgan fingerprint density at radius 3 is 2.54 bits per heavy atom. The van der Waals surface area contributed by atoms with Crippen LogP contribution in [0.15, 0.2) is 71.9 Å². The summed E-state index contributed by atoms with van der Waals surface area (Å²) >= 11 is 0. The highest BCUT2D eigenvalue weighted by Crippen LogP contribution is 2.14. The van der Waals surface area contributed by atoms with Gasteiger partial charge in [-0.15, -0.1) is 0 Å². The summed E-state index contributed by atoms with van der Waals surface area (Å²) in [7, 11) is 1.66. The Labute approximate surface area is 166 Å². The van der Waals surface area contributed by atoms with Crippen molar-refractivity contribution in [2.75, 3.05) is 20.2 Å². The van der Waals surface area contributed by atoms with E-state index in [2.05, 4.69) is 51.9 Å². The summed E-state index contributed by atoms with van der Waals surface area (Å²) in [4.78, 5) is 4.65. The molecule has 0 bridgehead atoms. The van der Waals surface area contributed by atoms with E-state index < -0.39 is 0 Å². The molecule has 2 aromatic carbocycles.